The fourth-order valence-electron chi connectivity index (χ4n) is 1.22. The van der Waals surface area contributed by atoms with Gasteiger partial charge in [-0.25, -0.2) is 0 Å². The van der Waals surface area contributed by atoms with E-state index >= 15 is 0 Å². The topological polar surface area (TPSA) is 0 Å². The van der Waals surface area contributed by atoms with E-state index in [0.717, 1.165) is 6.42 Å². The number of aryl methyl sites for hydroxylation is 1. The molecule has 0 atom stereocenters. The summed E-state index contributed by atoms with van der Waals surface area (Å²) < 4.78 is 0. The van der Waals surface area contributed by atoms with Gasteiger partial charge in [0.2, 0.25) is 0 Å². The number of hydrogen-bond acceptors (Lipinski definition) is 0. The quantitative estimate of drug-likeness (QED) is 0.475. The minimum absolute atomic E-state index is 1.02. The van der Waals surface area contributed by atoms with Crippen LogP contribution in [0.15, 0.2) is 61.7 Å². The first-order valence-electron chi connectivity index (χ1n) is 6.17. The van der Waals surface area contributed by atoms with Crippen molar-refractivity contribution < 1.29 is 0 Å². The summed E-state index contributed by atoms with van der Waals surface area (Å²) in [6.07, 6.45) is 9.39. The standard InChI is InChI=1S/C13H16.C2H6.C2H4/c1-3-4-5-6-10-13-11-8-7-9-12(13)2;2*1-2/h3-9,11H,10H2,1-2H3;1-2H3;1-2H2/b4-3-,6-5-;;. The average Bonchev–Trinajstić information content (AvgIpc) is 2.41. The van der Waals surface area contributed by atoms with E-state index in [1.165, 1.54) is 11.1 Å². The lowest BCUT2D eigenvalue weighted by atomic mass is 10.1. The van der Waals surface area contributed by atoms with Gasteiger partial charge in [0.25, 0.3) is 0 Å². The normalized spacial score (nSPS) is 9.41. The van der Waals surface area contributed by atoms with Crippen LogP contribution in [0.25, 0.3) is 0 Å². The van der Waals surface area contributed by atoms with Crippen molar-refractivity contribution in [3.8, 4) is 0 Å². The predicted molar refractivity (Wildman–Crippen MR) is 81.4 cm³/mol. The van der Waals surface area contributed by atoms with Crippen molar-refractivity contribution in [2.45, 2.75) is 34.1 Å². The Hall–Kier alpha value is -1.56. The molecule has 17 heavy (non-hydrogen) atoms. The maximum atomic E-state index is 3.00. The largest absolute Gasteiger partial charge is 0.106 e. The van der Waals surface area contributed by atoms with Crippen LogP contribution < -0.4 is 0 Å². The van der Waals surface area contributed by atoms with Crippen LogP contribution in [0.5, 0.6) is 0 Å². The molecule has 0 nitrogen and oxygen atoms in total. The first-order valence-corrected chi connectivity index (χ1v) is 6.17. The summed E-state index contributed by atoms with van der Waals surface area (Å²) in [5.41, 5.74) is 2.77. The van der Waals surface area contributed by atoms with Crippen LogP contribution in [0, 0.1) is 6.92 Å². The molecule has 0 heterocycles. The Labute approximate surface area is 107 Å². The zero-order valence-corrected chi connectivity index (χ0v) is 11.7. The van der Waals surface area contributed by atoms with Crippen molar-refractivity contribution in [2.24, 2.45) is 0 Å². The summed E-state index contributed by atoms with van der Waals surface area (Å²) in [5, 5.41) is 0. The molecule has 0 bridgehead atoms. The molecular formula is C17H26. The van der Waals surface area contributed by atoms with Gasteiger partial charge in [0.15, 0.2) is 0 Å². The molecule has 0 spiro atoms. The lowest BCUT2D eigenvalue weighted by molar-refractivity contribution is 1.21. The van der Waals surface area contributed by atoms with Crippen molar-refractivity contribution in [2.75, 3.05) is 0 Å². The summed E-state index contributed by atoms with van der Waals surface area (Å²) in [5.74, 6) is 0. The minimum Gasteiger partial charge on any atom is -0.106 e. The summed E-state index contributed by atoms with van der Waals surface area (Å²) in [4.78, 5) is 0. The predicted octanol–water partition coefficient (Wildman–Crippen LogP) is 5.50. The van der Waals surface area contributed by atoms with Crippen LogP contribution in [-0.4, -0.2) is 0 Å². The summed E-state index contributed by atoms with van der Waals surface area (Å²) in [6.45, 7) is 14.2. The van der Waals surface area contributed by atoms with Gasteiger partial charge in [0.1, 0.15) is 0 Å². The molecule has 1 aromatic carbocycles. The third-order valence-corrected chi connectivity index (χ3v) is 2.04. The second-order valence-electron chi connectivity index (χ2n) is 3.08. The highest BCUT2D eigenvalue weighted by Crippen LogP contribution is 2.07. The van der Waals surface area contributed by atoms with E-state index in [1.54, 1.807) is 0 Å². The molecule has 0 saturated carbocycles. The monoisotopic (exact) mass is 230 g/mol. The Morgan fingerprint density at radius 3 is 2.18 bits per heavy atom. The molecule has 0 fully saturated rings. The van der Waals surface area contributed by atoms with Gasteiger partial charge in [0.05, 0.1) is 0 Å². The van der Waals surface area contributed by atoms with Crippen LogP contribution in [-0.2, 0) is 6.42 Å². The fourth-order valence-corrected chi connectivity index (χ4v) is 1.22. The smallest absolute Gasteiger partial charge is 0.00917 e. The number of benzene rings is 1. The molecule has 0 aliphatic carbocycles. The highest BCUT2D eigenvalue weighted by molar-refractivity contribution is 5.27. The molecule has 0 saturated heterocycles. The van der Waals surface area contributed by atoms with Crippen LogP contribution in [0.2, 0.25) is 0 Å². The van der Waals surface area contributed by atoms with E-state index in [0.29, 0.717) is 0 Å². The van der Waals surface area contributed by atoms with Crippen LogP contribution >= 0.6 is 0 Å². The SMILES string of the molecule is C/C=C\C=C/Cc1ccccc1C.C=C.CC. The van der Waals surface area contributed by atoms with E-state index in [-0.39, 0.29) is 0 Å². The van der Waals surface area contributed by atoms with E-state index in [9.17, 15) is 0 Å². The number of allylic oxidation sites excluding steroid dienone is 4. The molecule has 0 radical (unpaired) electrons. The first kappa shape index (κ1) is 17.8. The second-order valence-corrected chi connectivity index (χ2v) is 3.08. The highest BCUT2D eigenvalue weighted by atomic mass is 14.0. The molecule has 0 amide bonds. The molecule has 94 valence electrons. The third-order valence-electron chi connectivity index (χ3n) is 2.04. The molecular weight excluding hydrogens is 204 g/mol. The van der Waals surface area contributed by atoms with Gasteiger partial charge in [-0.15, -0.1) is 13.2 Å². The van der Waals surface area contributed by atoms with Crippen LogP contribution in [0.1, 0.15) is 31.9 Å². The maximum Gasteiger partial charge on any atom is -0.00917 e. The molecule has 0 unspecified atom stereocenters. The molecule has 1 aromatic rings. The van der Waals surface area contributed by atoms with Gasteiger partial charge >= 0.3 is 0 Å². The summed E-state index contributed by atoms with van der Waals surface area (Å²) >= 11 is 0. The van der Waals surface area contributed by atoms with E-state index < -0.39 is 0 Å². The zero-order chi connectivity index (χ0) is 13.5. The van der Waals surface area contributed by atoms with E-state index in [2.05, 4.69) is 62.6 Å². The van der Waals surface area contributed by atoms with Gasteiger partial charge in [0, 0.05) is 0 Å². The Kier molecular flexibility index (Phi) is 15.1. The Balaban J connectivity index is 0. The average molecular weight is 230 g/mol. The van der Waals surface area contributed by atoms with Gasteiger partial charge in [-0.05, 0) is 31.4 Å². The van der Waals surface area contributed by atoms with Gasteiger partial charge < -0.3 is 0 Å². The van der Waals surface area contributed by atoms with Gasteiger partial charge in [-0.3, -0.25) is 0 Å². The van der Waals surface area contributed by atoms with Crippen molar-refractivity contribution >= 4 is 0 Å². The summed E-state index contributed by atoms with van der Waals surface area (Å²) in [7, 11) is 0. The van der Waals surface area contributed by atoms with Crippen molar-refractivity contribution in [3.05, 3.63) is 72.9 Å². The lowest BCUT2D eigenvalue weighted by Crippen LogP contribution is -1.84. The van der Waals surface area contributed by atoms with Crippen molar-refractivity contribution in [3.63, 3.8) is 0 Å². The molecule has 0 aromatic heterocycles. The highest BCUT2D eigenvalue weighted by Gasteiger charge is 1.91. The number of rotatable bonds is 3. The van der Waals surface area contributed by atoms with Crippen LogP contribution in [0.3, 0.4) is 0 Å². The maximum absolute atomic E-state index is 3.00. The minimum atomic E-state index is 1.02. The zero-order valence-electron chi connectivity index (χ0n) is 11.7. The lowest BCUT2D eigenvalue weighted by Gasteiger charge is -2.00. The fraction of sp³-hybridized carbons (Fsp3) is 0.294. The molecule has 0 aliphatic heterocycles. The molecule has 1 rings (SSSR count). The Morgan fingerprint density at radius 2 is 1.65 bits per heavy atom. The van der Waals surface area contributed by atoms with Crippen LogP contribution in [0.4, 0.5) is 0 Å². The molecule has 0 aliphatic rings. The summed E-state index contributed by atoms with van der Waals surface area (Å²) in [6, 6.07) is 8.49. The Bertz CT molecular complexity index is 319. The van der Waals surface area contributed by atoms with Gasteiger partial charge in [-0.1, -0.05) is 62.4 Å². The Morgan fingerprint density at radius 1 is 1.06 bits per heavy atom. The second kappa shape index (κ2) is 14.4. The van der Waals surface area contributed by atoms with E-state index in [4.69, 9.17) is 0 Å². The number of hydrogen-bond donors (Lipinski definition) is 0. The first-order chi connectivity index (χ1) is 8.34. The van der Waals surface area contributed by atoms with E-state index in [1.807, 2.05) is 26.8 Å². The molecule has 0 N–H and O–H groups in total. The van der Waals surface area contributed by atoms with Gasteiger partial charge in [-0.2, -0.15) is 0 Å². The molecule has 0 heteroatoms. The third kappa shape index (κ3) is 9.37. The van der Waals surface area contributed by atoms with Crippen molar-refractivity contribution in [1.29, 1.82) is 0 Å². The van der Waals surface area contributed by atoms with Crippen molar-refractivity contribution in [1.82, 2.24) is 0 Å².